The summed E-state index contributed by atoms with van der Waals surface area (Å²) in [6.45, 7) is 1.64. The maximum Gasteiger partial charge on any atom is 0.238 e. The predicted octanol–water partition coefficient (Wildman–Crippen LogP) is 1.68. The maximum atomic E-state index is 11.5. The Morgan fingerprint density at radius 1 is 1.15 bits per heavy atom. The molecule has 0 aliphatic carbocycles. The summed E-state index contributed by atoms with van der Waals surface area (Å²) in [4.78, 5) is 4.26. The highest BCUT2D eigenvalue weighted by Crippen LogP contribution is 2.32. The van der Waals surface area contributed by atoms with Crippen molar-refractivity contribution in [1.29, 1.82) is 0 Å². The Bertz CT molecular complexity index is 944. The lowest BCUT2D eigenvalue weighted by Crippen LogP contribution is -2.30. The van der Waals surface area contributed by atoms with E-state index in [1.54, 1.807) is 13.1 Å². The maximum absolute atomic E-state index is 11.5. The highest BCUT2D eigenvalue weighted by atomic mass is 32.2. The fourth-order valence-corrected chi connectivity index (χ4v) is 3.16. The molecule has 8 nitrogen and oxygen atoms in total. The molecule has 0 saturated carbocycles. The molecule has 1 aliphatic rings. The van der Waals surface area contributed by atoms with Crippen molar-refractivity contribution in [3.8, 4) is 11.5 Å². The molecule has 0 atom stereocenters. The first kappa shape index (κ1) is 19.0. The summed E-state index contributed by atoms with van der Waals surface area (Å²) in [5.74, 6) is 1.94. The second-order valence-corrected chi connectivity index (χ2v) is 7.52. The Hall–Kier alpha value is -2.78. The number of guanidine groups is 1. The quantitative estimate of drug-likeness (QED) is 0.540. The molecule has 3 rings (SSSR count). The van der Waals surface area contributed by atoms with Crippen LogP contribution in [0, 0.1) is 0 Å². The Kier molecular flexibility index (Phi) is 5.82. The van der Waals surface area contributed by atoms with Crippen molar-refractivity contribution in [2.45, 2.75) is 17.9 Å². The molecule has 0 radical (unpaired) electrons. The van der Waals surface area contributed by atoms with Gasteiger partial charge in [-0.1, -0.05) is 12.1 Å². The minimum Gasteiger partial charge on any atom is -0.490 e. The largest absolute Gasteiger partial charge is 0.490 e. The van der Waals surface area contributed by atoms with Gasteiger partial charge < -0.3 is 20.1 Å². The van der Waals surface area contributed by atoms with Crippen molar-refractivity contribution in [3.63, 3.8) is 0 Å². The molecule has 4 N–H and O–H groups in total. The second-order valence-electron chi connectivity index (χ2n) is 5.96. The standard InChI is InChI=1S/C18H22N4O4S/c1-20-18(21-12-13-4-2-5-15(10-13)27(19,23)24)22-14-6-7-16-17(11-14)26-9-3-8-25-16/h2,4-7,10-11H,3,8-9,12H2,1H3,(H2,19,23,24)(H2,20,21,22). The summed E-state index contributed by atoms with van der Waals surface area (Å²) in [7, 11) is -2.08. The van der Waals surface area contributed by atoms with Crippen molar-refractivity contribution < 1.29 is 17.9 Å². The third-order valence-corrected chi connectivity index (χ3v) is 4.83. The summed E-state index contributed by atoms with van der Waals surface area (Å²) >= 11 is 0. The molecule has 0 spiro atoms. The monoisotopic (exact) mass is 390 g/mol. The first-order valence-corrected chi connectivity index (χ1v) is 9.99. The number of nitrogens with two attached hydrogens (primary N) is 1. The molecule has 144 valence electrons. The van der Waals surface area contributed by atoms with Gasteiger partial charge in [-0.3, -0.25) is 4.99 Å². The molecule has 0 saturated heterocycles. The number of anilines is 1. The van der Waals surface area contributed by atoms with Crippen molar-refractivity contribution in [1.82, 2.24) is 5.32 Å². The molecule has 2 aromatic rings. The highest BCUT2D eigenvalue weighted by Gasteiger charge is 2.12. The number of fused-ring (bicyclic) bond motifs is 1. The number of aliphatic imine (C=N–C) groups is 1. The van der Waals surface area contributed by atoms with Gasteiger partial charge in [-0.05, 0) is 29.8 Å². The van der Waals surface area contributed by atoms with E-state index < -0.39 is 10.0 Å². The number of benzene rings is 2. The van der Waals surface area contributed by atoms with E-state index in [4.69, 9.17) is 14.6 Å². The van der Waals surface area contributed by atoms with Crippen LogP contribution in [-0.4, -0.2) is 34.6 Å². The van der Waals surface area contributed by atoms with Crippen LogP contribution in [0.1, 0.15) is 12.0 Å². The number of primary sulfonamides is 1. The number of hydrogen-bond acceptors (Lipinski definition) is 5. The summed E-state index contributed by atoms with van der Waals surface area (Å²) in [5.41, 5.74) is 1.56. The van der Waals surface area contributed by atoms with Gasteiger partial charge >= 0.3 is 0 Å². The molecular formula is C18H22N4O4S. The van der Waals surface area contributed by atoms with E-state index in [1.165, 1.54) is 12.1 Å². The van der Waals surface area contributed by atoms with E-state index >= 15 is 0 Å². The summed E-state index contributed by atoms with van der Waals surface area (Å²) < 4.78 is 34.2. The average Bonchev–Trinajstić information content (AvgIpc) is 2.89. The Labute approximate surface area is 158 Å². The molecule has 0 aromatic heterocycles. The molecular weight excluding hydrogens is 368 g/mol. The van der Waals surface area contributed by atoms with E-state index in [0.717, 1.165) is 23.4 Å². The molecule has 2 aromatic carbocycles. The van der Waals surface area contributed by atoms with Crippen LogP contribution in [0.15, 0.2) is 52.4 Å². The van der Waals surface area contributed by atoms with Crippen molar-refractivity contribution >= 4 is 21.7 Å². The van der Waals surface area contributed by atoms with Gasteiger partial charge in [-0.25, -0.2) is 13.6 Å². The Balaban J connectivity index is 1.66. The number of hydrogen-bond donors (Lipinski definition) is 3. The summed E-state index contributed by atoms with van der Waals surface area (Å²) in [6.07, 6.45) is 0.845. The number of nitrogens with zero attached hydrogens (tertiary/aromatic N) is 1. The lowest BCUT2D eigenvalue weighted by atomic mass is 10.2. The van der Waals surface area contributed by atoms with Gasteiger partial charge in [0.1, 0.15) is 0 Å². The minimum atomic E-state index is -3.73. The molecule has 27 heavy (non-hydrogen) atoms. The van der Waals surface area contributed by atoms with Crippen LogP contribution in [0.3, 0.4) is 0 Å². The Morgan fingerprint density at radius 2 is 1.93 bits per heavy atom. The minimum absolute atomic E-state index is 0.0765. The fraction of sp³-hybridized carbons (Fsp3) is 0.278. The van der Waals surface area contributed by atoms with E-state index in [0.29, 0.717) is 31.5 Å². The topological polar surface area (TPSA) is 115 Å². The van der Waals surface area contributed by atoms with Crippen LogP contribution in [0.5, 0.6) is 11.5 Å². The smallest absolute Gasteiger partial charge is 0.238 e. The second kappa shape index (κ2) is 8.28. The zero-order chi connectivity index (χ0) is 19.3. The SMILES string of the molecule is CN=C(NCc1cccc(S(N)(=O)=O)c1)Nc1ccc2c(c1)OCCCO2. The number of sulfonamides is 1. The van der Waals surface area contributed by atoms with Gasteiger partial charge in [-0.15, -0.1) is 0 Å². The predicted molar refractivity (Wildman–Crippen MR) is 104 cm³/mol. The van der Waals surface area contributed by atoms with Crippen LogP contribution in [0.2, 0.25) is 0 Å². The zero-order valence-electron chi connectivity index (χ0n) is 14.9. The number of ether oxygens (including phenoxy) is 2. The number of rotatable bonds is 4. The first-order valence-electron chi connectivity index (χ1n) is 8.45. The van der Waals surface area contributed by atoms with E-state index in [1.807, 2.05) is 24.3 Å². The normalized spacial score (nSPS) is 14.4. The lowest BCUT2D eigenvalue weighted by Gasteiger charge is -2.14. The molecule has 9 heteroatoms. The molecule has 1 aliphatic heterocycles. The van der Waals surface area contributed by atoms with Gasteiger partial charge in [0.05, 0.1) is 18.1 Å². The van der Waals surface area contributed by atoms with Gasteiger partial charge in [0.15, 0.2) is 17.5 Å². The van der Waals surface area contributed by atoms with Crippen LogP contribution in [-0.2, 0) is 16.6 Å². The molecule has 0 amide bonds. The van der Waals surface area contributed by atoms with Crippen LogP contribution < -0.4 is 25.2 Å². The molecule has 0 unspecified atom stereocenters. The van der Waals surface area contributed by atoms with Crippen molar-refractivity contribution in [2.75, 3.05) is 25.6 Å². The van der Waals surface area contributed by atoms with E-state index in [-0.39, 0.29) is 4.90 Å². The third kappa shape index (κ3) is 5.11. The number of nitrogens with one attached hydrogen (secondary N) is 2. The van der Waals surface area contributed by atoms with E-state index in [2.05, 4.69) is 15.6 Å². The summed E-state index contributed by atoms with van der Waals surface area (Å²) in [6, 6.07) is 12.0. The van der Waals surface area contributed by atoms with Crippen LogP contribution >= 0.6 is 0 Å². The Morgan fingerprint density at radius 3 is 2.67 bits per heavy atom. The zero-order valence-corrected chi connectivity index (χ0v) is 15.8. The van der Waals surface area contributed by atoms with Crippen LogP contribution in [0.4, 0.5) is 5.69 Å². The highest BCUT2D eigenvalue weighted by molar-refractivity contribution is 7.89. The molecule has 0 bridgehead atoms. The van der Waals surface area contributed by atoms with Gasteiger partial charge in [0.2, 0.25) is 10.0 Å². The fourth-order valence-electron chi connectivity index (χ4n) is 2.58. The van der Waals surface area contributed by atoms with Gasteiger partial charge in [-0.2, -0.15) is 0 Å². The van der Waals surface area contributed by atoms with Crippen LogP contribution in [0.25, 0.3) is 0 Å². The first-order chi connectivity index (χ1) is 13.0. The molecule has 0 fully saturated rings. The lowest BCUT2D eigenvalue weighted by molar-refractivity contribution is 0.297. The van der Waals surface area contributed by atoms with E-state index in [9.17, 15) is 8.42 Å². The summed E-state index contributed by atoms with van der Waals surface area (Å²) in [5, 5.41) is 11.5. The van der Waals surface area contributed by atoms with Crippen molar-refractivity contribution in [2.24, 2.45) is 10.1 Å². The van der Waals surface area contributed by atoms with Crippen molar-refractivity contribution in [3.05, 3.63) is 48.0 Å². The van der Waals surface area contributed by atoms with Gasteiger partial charge in [0, 0.05) is 31.8 Å². The van der Waals surface area contributed by atoms with Gasteiger partial charge in [0.25, 0.3) is 0 Å². The molecule has 1 heterocycles. The average molecular weight is 390 g/mol. The third-order valence-electron chi connectivity index (χ3n) is 3.92.